The number of benzene rings is 2. The molecular formula is C21H21N5O4. The molecule has 154 valence electrons. The van der Waals surface area contributed by atoms with E-state index in [4.69, 9.17) is 19.9 Å². The molecule has 3 N–H and O–H groups in total. The van der Waals surface area contributed by atoms with Gasteiger partial charge in [-0.05, 0) is 30.2 Å². The first-order chi connectivity index (χ1) is 14.6. The van der Waals surface area contributed by atoms with Crippen LogP contribution >= 0.6 is 0 Å². The van der Waals surface area contributed by atoms with Gasteiger partial charge in [0.1, 0.15) is 6.61 Å². The molecule has 1 aliphatic heterocycles. The van der Waals surface area contributed by atoms with Gasteiger partial charge in [-0.25, -0.2) is 4.79 Å². The number of rotatable bonds is 6. The molecule has 0 saturated carbocycles. The van der Waals surface area contributed by atoms with Crippen LogP contribution in [-0.2, 0) is 22.6 Å². The Labute approximate surface area is 173 Å². The van der Waals surface area contributed by atoms with Crippen LogP contribution in [0.5, 0.6) is 11.5 Å². The van der Waals surface area contributed by atoms with E-state index < -0.39 is 12.1 Å². The maximum Gasteiger partial charge on any atom is 0.351 e. The van der Waals surface area contributed by atoms with E-state index in [2.05, 4.69) is 27.2 Å². The second-order valence-electron chi connectivity index (χ2n) is 6.54. The van der Waals surface area contributed by atoms with Crippen molar-refractivity contribution >= 4 is 23.6 Å². The number of aryl methyl sites for hydroxylation is 1. The minimum absolute atomic E-state index is 0.0266. The van der Waals surface area contributed by atoms with Gasteiger partial charge in [-0.2, -0.15) is 15.0 Å². The topological polar surface area (TPSA) is 121 Å². The van der Waals surface area contributed by atoms with Crippen LogP contribution in [0.2, 0.25) is 0 Å². The summed E-state index contributed by atoms with van der Waals surface area (Å²) in [5.74, 6) is 1.05. The van der Waals surface area contributed by atoms with Gasteiger partial charge < -0.3 is 25.3 Å². The zero-order valence-electron chi connectivity index (χ0n) is 16.4. The molecule has 0 radical (unpaired) electrons. The Kier molecular flexibility index (Phi) is 5.60. The molecule has 0 bridgehead atoms. The van der Waals surface area contributed by atoms with E-state index in [-0.39, 0.29) is 30.9 Å². The van der Waals surface area contributed by atoms with Gasteiger partial charge in [0.2, 0.25) is 18.0 Å². The number of aromatic nitrogens is 3. The number of ether oxygens (including phenoxy) is 3. The lowest BCUT2D eigenvalue weighted by molar-refractivity contribution is -0.156. The van der Waals surface area contributed by atoms with Gasteiger partial charge >= 0.3 is 5.97 Å². The van der Waals surface area contributed by atoms with E-state index in [0.717, 1.165) is 17.7 Å². The average molecular weight is 407 g/mol. The third kappa shape index (κ3) is 4.40. The summed E-state index contributed by atoms with van der Waals surface area (Å²) in [6, 6.07) is 15.0. The largest absolute Gasteiger partial charge is 0.485 e. The highest BCUT2D eigenvalue weighted by Gasteiger charge is 2.29. The summed E-state index contributed by atoms with van der Waals surface area (Å²) in [4.78, 5) is 24.8. The third-order valence-electron chi connectivity index (χ3n) is 4.46. The minimum Gasteiger partial charge on any atom is -0.485 e. The van der Waals surface area contributed by atoms with Crippen molar-refractivity contribution in [3.05, 3.63) is 59.9 Å². The lowest BCUT2D eigenvalue weighted by Crippen LogP contribution is -2.37. The van der Waals surface area contributed by atoms with Crippen LogP contribution in [0, 0.1) is 0 Å². The summed E-state index contributed by atoms with van der Waals surface area (Å²) in [6.07, 6.45) is -0.0195. The van der Waals surface area contributed by atoms with Crippen molar-refractivity contribution in [2.45, 2.75) is 26.1 Å². The Morgan fingerprint density at radius 3 is 2.73 bits per heavy atom. The van der Waals surface area contributed by atoms with E-state index in [1.165, 1.54) is 0 Å². The van der Waals surface area contributed by atoms with Crippen LogP contribution < -0.4 is 20.5 Å². The van der Waals surface area contributed by atoms with Crippen molar-refractivity contribution in [1.29, 1.82) is 0 Å². The van der Waals surface area contributed by atoms with Crippen LogP contribution in [0.4, 0.5) is 17.6 Å². The Balaban J connectivity index is 1.41. The molecule has 0 saturated heterocycles. The molecule has 1 aromatic heterocycles. The van der Waals surface area contributed by atoms with Gasteiger partial charge in [0.15, 0.2) is 23.9 Å². The Bertz CT molecular complexity index is 1060. The van der Waals surface area contributed by atoms with Gasteiger partial charge in [0.25, 0.3) is 0 Å². The predicted octanol–water partition coefficient (Wildman–Crippen LogP) is 2.64. The molecule has 0 spiro atoms. The minimum atomic E-state index is -0.867. The SMILES string of the molecule is CCc1ccccc1Nc1nc(N)nc(COC(=O)[C@@H]2COc3ccccc3O2)n1. The molecule has 0 amide bonds. The van der Waals surface area contributed by atoms with Crippen molar-refractivity contribution in [2.75, 3.05) is 17.7 Å². The summed E-state index contributed by atoms with van der Waals surface area (Å²) in [5.41, 5.74) is 7.78. The molecular weight excluding hydrogens is 386 g/mol. The maximum absolute atomic E-state index is 12.4. The molecule has 30 heavy (non-hydrogen) atoms. The maximum atomic E-state index is 12.4. The number of carbonyl (C=O) groups excluding carboxylic acids is 1. The Morgan fingerprint density at radius 1 is 1.13 bits per heavy atom. The van der Waals surface area contributed by atoms with Crippen molar-refractivity contribution in [3.63, 3.8) is 0 Å². The summed E-state index contributed by atoms with van der Waals surface area (Å²) in [7, 11) is 0. The van der Waals surface area contributed by atoms with Crippen molar-refractivity contribution in [3.8, 4) is 11.5 Å². The van der Waals surface area contributed by atoms with Crippen molar-refractivity contribution in [1.82, 2.24) is 15.0 Å². The molecule has 2 heterocycles. The number of nitrogens with one attached hydrogen (secondary N) is 1. The van der Waals surface area contributed by atoms with Gasteiger partial charge in [0.05, 0.1) is 0 Å². The number of anilines is 3. The monoisotopic (exact) mass is 407 g/mol. The molecule has 0 aliphatic carbocycles. The summed E-state index contributed by atoms with van der Waals surface area (Å²) in [6.45, 7) is 1.95. The fourth-order valence-electron chi connectivity index (χ4n) is 2.99. The first-order valence-electron chi connectivity index (χ1n) is 9.53. The highest BCUT2D eigenvalue weighted by molar-refractivity contribution is 5.76. The number of nitrogens with two attached hydrogens (primary N) is 1. The second-order valence-corrected chi connectivity index (χ2v) is 6.54. The number of fused-ring (bicyclic) bond motifs is 1. The first-order valence-corrected chi connectivity index (χ1v) is 9.53. The molecule has 4 rings (SSSR count). The molecule has 1 atom stereocenters. The molecule has 2 aromatic carbocycles. The van der Waals surface area contributed by atoms with Crippen LogP contribution in [0.1, 0.15) is 18.3 Å². The van der Waals surface area contributed by atoms with E-state index in [1.54, 1.807) is 18.2 Å². The zero-order chi connectivity index (χ0) is 20.9. The quantitative estimate of drug-likeness (QED) is 0.594. The molecule has 0 fully saturated rings. The number of nitrogen functional groups attached to an aromatic ring is 1. The lowest BCUT2D eigenvalue weighted by atomic mass is 10.1. The summed E-state index contributed by atoms with van der Waals surface area (Å²) < 4.78 is 16.5. The van der Waals surface area contributed by atoms with E-state index in [9.17, 15) is 4.79 Å². The van der Waals surface area contributed by atoms with Crippen LogP contribution in [-0.4, -0.2) is 33.6 Å². The number of hydrogen-bond acceptors (Lipinski definition) is 9. The molecule has 9 nitrogen and oxygen atoms in total. The number of carbonyl (C=O) groups is 1. The fraction of sp³-hybridized carbons (Fsp3) is 0.238. The van der Waals surface area contributed by atoms with Crippen LogP contribution in [0.15, 0.2) is 48.5 Å². The standard InChI is InChI=1S/C21H21N5O4/c1-2-13-7-3-4-8-14(13)23-21-25-18(24-20(22)26-21)12-29-19(27)17-11-28-15-9-5-6-10-16(15)30-17/h3-10,17H,2,11-12H2,1H3,(H3,22,23,24,25,26)/t17-/m0/s1. The normalized spacial score (nSPS) is 14.8. The number of hydrogen-bond donors (Lipinski definition) is 2. The zero-order valence-corrected chi connectivity index (χ0v) is 16.4. The summed E-state index contributed by atoms with van der Waals surface area (Å²) in [5, 5.41) is 3.14. The fourth-order valence-corrected chi connectivity index (χ4v) is 2.99. The highest BCUT2D eigenvalue weighted by atomic mass is 16.6. The number of nitrogens with zero attached hydrogens (tertiary/aromatic N) is 3. The van der Waals surface area contributed by atoms with E-state index in [1.807, 2.05) is 30.3 Å². The number of esters is 1. The van der Waals surface area contributed by atoms with Crippen molar-refractivity contribution < 1.29 is 19.0 Å². The molecule has 0 unspecified atom stereocenters. The molecule has 1 aliphatic rings. The molecule has 3 aromatic rings. The van der Waals surface area contributed by atoms with Crippen molar-refractivity contribution in [2.24, 2.45) is 0 Å². The number of para-hydroxylation sites is 3. The van der Waals surface area contributed by atoms with E-state index in [0.29, 0.717) is 11.5 Å². The lowest BCUT2D eigenvalue weighted by Gasteiger charge is -2.24. The van der Waals surface area contributed by atoms with E-state index >= 15 is 0 Å². The molecule has 9 heteroatoms. The van der Waals surface area contributed by atoms with Crippen LogP contribution in [0.3, 0.4) is 0 Å². The smallest absolute Gasteiger partial charge is 0.351 e. The second kappa shape index (κ2) is 8.64. The van der Waals surface area contributed by atoms with Crippen LogP contribution in [0.25, 0.3) is 0 Å². The van der Waals surface area contributed by atoms with Gasteiger partial charge in [-0.1, -0.05) is 37.3 Å². The Hall–Kier alpha value is -3.88. The highest BCUT2D eigenvalue weighted by Crippen LogP contribution is 2.31. The average Bonchev–Trinajstić information content (AvgIpc) is 2.77. The first kappa shape index (κ1) is 19.4. The predicted molar refractivity (Wildman–Crippen MR) is 109 cm³/mol. The van der Waals surface area contributed by atoms with Gasteiger partial charge in [0, 0.05) is 5.69 Å². The van der Waals surface area contributed by atoms with Gasteiger partial charge in [-0.15, -0.1) is 0 Å². The summed E-state index contributed by atoms with van der Waals surface area (Å²) >= 11 is 0. The Morgan fingerprint density at radius 2 is 1.90 bits per heavy atom. The third-order valence-corrected chi connectivity index (χ3v) is 4.46. The van der Waals surface area contributed by atoms with Gasteiger partial charge in [-0.3, -0.25) is 0 Å².